The van der Waals surface area contributed by atoms with Gasteiger partial charge >= 0.3 is 5.97 Å². The Morgan fingerprint density at radius 1 is 1.41 bits per heavy atom. The average molecular weight is 265 g/mol. The van der Waals surface area contributed by atoms with Gasteiger partial charge in [-0.1, -0.05) is 12.8 Å². The molecule has 0 aromatic heterocycles. The summed E-state index contributed by atoms with van der Waals surface area (Å²) in [6, 6.07) is 0. The van der Waals surface area contributed by atoms with Gasteiger partial charge in [-0.3, -0.25) is 4.79 Å². The fourth-order valence-electron chi connectivity index (χ4n) is 2.02. The van der Waals surface area contributed by atoms with Crippen LogP contribution in [-0.2, 0) is 19.6 Å². The summed E-state index contributed by atoms with van der Waals surface area (Å²) in [6.45, 7) is 0.0341. The number of likely N-dealkylation sites (N-methyl/N-ethyl adjacent to an activating group) is 1. The minimum atomic E-state index is -3.70. The maximum atomic E-state index is 11.7. The van der Waals surface area contributed by atoms with Gasteiger partial charge in [-0.25, -0.2) is 12.7 Å². The molecule has 17 heavy (non-hydrogen) atoms. The number of ether oxygens (including phenoxy) is 1. The fraction of sp³-hybridized carbons (Fsp3) is 0.900. The molecule has 1 aliphatic rings. The number of nitrogens with zero attached hydrogens (tertiary/aromatic N) is 1. The first kappa shape index (κ1) is 14.4. The molecular weight excluding hydrogens is 246 g/mol. The average Bonchev–Trinajstić information content (AvgIpc) is 2.64. The monoisotopic (exact) mass is 265 g/mol. The highest BCUT2D eigenvalue weighted by Crippen LogP contribution is 2.30. The van der Waals surface area contributed by atoms with Crippen LogP contribution in [0.15, 0.2) is 0 Å². The number of carbonyl (C=O) groups excluding carboxylic acids is 1. The molecular formula is C10H19NO5S. The molecule has 0 aromatic carbocycles. The lowest BCUT2D eigenvalue weighted by Crippen LogP contribution is -2.43. The Bertz CT molecular complexity index is 372. The molecule has 0 heterocycles. The van der Waals surface area contributed by atoms with E-state index < -0.39 is 27.3 Å². The number of hydrogen-bond donors (Lipinski definition) is 1. The quantitative estimate of drug-likeness (QED) is 0.692. The van der Waals surface area contributed by atoms with Gasteiger partial charge in [-0.2, -0.15) is 0 Å². The highest BCUT2D eigenvalue weighted by Gasteiger charge is 2.35. The Hall–Kier alpha value is -0.660. The van der Waals surface area contributed by atoms with E-state index in [-0.39, 0.29) is 6.54 Å². The molecule has 0 bridgehead atoms. The van der Waals surface area contributed by atoms with E-state index in [1.165, 1.54) is 7.05 Å². The molecule has 0 atom stereocenters. The van der Waals surface area contributed by atoms with Crippen molar-refractivity contribution < 1.29 is 23.1 Å². The van der Waals surface area contributed by atoms with Crippen LogP contribution in [-0.4, -0.2) is 55.9 Å². The minimum Gasteiger partial charge on any atom is -0.468 e. The van der Waals surface area contributed by atoms with Crippen LogP contribution in [0.25, 0.3) is 0 Å². The van der Waals surface area contributed by atoms with Crippen molar-refractivity contribution in [1.82, 2.24) is 4.31 Å². The van der Waals surface area contributed by atoms with Gasteiger partial charge in [-0.15, -0.1) is 0 Å². The summed E-state index contributed by atoms with van der Waals surface area (Å²) in [7, 11) is -1.19. The van der Waals surface area contributed by atoms with Crippen molar-refractivity contribution in [2.24, 2.45) is 0 Å². The number of rotatable bonds is 5. The predicted octanol–water partition coefficient (Wildman–Crippen LogP) is -0.274. The smallest absolute Gasteiger partial charge is 0.322 e. The second-order valence-electron chi connectivity index (χ2n) is 4.52. The molecule has 1 fully saturated rings. The topological polar surface area (TPSA) is 83.9 Å². The number of aliphatic hydroxyl groups is 1. The molecule has 1 saturated carbocycles. The van der Waals surface area contributed by atoms with Crippen LogP contribution in [0.4, 0.5) is 0 Å². The maximum absolute atomic E-state index is 11.7. The van der Waals surface area contributed by atoms with E-state index >= 15 is 0 Å². The van der Waals surface area contributed by atoms with Crippen LogP contribution in [0.1, 0.15) is 25.7 Å². The maximum Gasteiger partial charge on any atom is 0.322 e. The molecule has 0 amide bonds. The highest BCUT2D eigenvalue weighted by molar-refractivity contribution is 7.89. The molecule has 0 aromatic rings. The lowest BCUT2D eigenvalue weighted by Gasteiger charge is -2.27. The zero-order valence-corrected chi connectivity index (χ0v) is 11.0. The van der Waals surface area contributed by atoms with Crippen LogP contribution < -0.4 is 0 Å². The zero-order valence-electron chi connectivity index (χ0n) is 10.2. The first-order valence-corrected chi connectivity index (χ1v) is 7.13. The fourth-order valence-corrected chi connectivity index (χ4v) is 3.10. The van der Waals surface area contributed by atoms with Crippen LogP contribution in [0.2, 0.25) is 0 Å². The van der Waals surface area contributed by atoms with Gasteiger partial charge in [0.25, 0.3) is 0 Å². The number of methoxy groups -OCH3 is 1. The summed E-state index contributed by atoms with van der Waals surface area (Å²) in [4.78, 5) is 11.0. The predicted molar refractivity (Wildman–Crippen MR) is 61.9 cm³/mol. The van der Waals surface area contributed by atoms with Gasteiger partial charge in [0.2, 0.25) is 10.0 Å². The molecule has 1 aliphatic carbocycles. The highest BCUT2D eigenvalue weighted by atomic mass is 32.2. The van der Waals surface area contributed by atoms with E-state index in [4.69, 9.17) is 0 Å². The molecule has 1 rings (SSSR count). The summed E-state index contributed by atoms with van der Waals surface area (Å²) in [5.41, 5.74) is -0.946. The summed E-state index contributed by atoms with van der Waals surface area (Å²) >= 11 is 0. The molecule has 6 nitrogen and oxygen atoms in total. The zero-order chi connectivity index (χ0) is 13.1. The van der Waals surface area contributed by atoms with Gasteiger partial charge in [0.05, 0.1) is 12.7 Å². The van der Waals surface area contributed by atoms with E-state index in [1.54, 1.807) is 0 Å². The first-order valence-electron chi connectivity index (χ1n) is 5.52. The van der Waals surface area contributed by atoms with E-state index in [9.17, 15) is 18.3 Å². The third-order valence-electron chi connectivity index (χ3n) is 3.05. The van der Waals surface area contributed by atoms with Gasteiger partial charge in [0.1, 0.15) is 0 Å². The first-order chi connectivity index (χ1) is 7.79. The number of hydrogen-bond acceptors (Lipinski definition) is 5. The molecule has 0 unspecified atom stereocenters. The van der Waals surface area contributed by atoms with Crippen molar-refractivity contribution >= 4 is 16.0 Å². The van der Waals surface area contributed by atoms with Crippen molar-refractivity contribution in [1.29, 1.82) is 0 Å². The van der Waals surface area contributed by atoms with Gasteiger partial charge < -0.3 is 9.84 Å². The number of sulfonamides is 1. The molecule has 0 radical (unpaired) electrons. The van der Waals surface area contributed by atoms with Crippen LogP contribution in [0, 0.1) is 0 Å². The van der Waals surface area contributed by atoms with Gasteiger partial charge in [0.15, 0.2) is 5.75 Å². The van der Waals surface area contributed by atoms with Crippen LogP contribution >= 0.6 is 0 Å². The van der Waals surface area contributed by atoms with E-state index in [0.29, 0.717) is 12.8 Å². The van der Waals surface area contributed by atoms with Crippen molar-refractivity contribution in [3.63, 3.8) is 0 Å². The summed E-state index contributed by atoms with van der Waals surface area (Å²) in [6.07, 6.45) is 3.01. The Morgan fingerprint density at radius 2 is 1.94 bits per heavy atom. The normalized spacial score (nSPS) is 19.5. The molecule has 7 heteroatoms. The van der Waals surface area contributed by atoms with Gasteiger partial charge in [-0.05, 0) is 12.8 Å². The van der Waals surface area contributed by atoms with Crippen molar-refractivity contribution in [3.8, 4) is 0 Å². The van der Waals surface area contributed by atoms with E-state index in [0.717, 1.165) is 24.3 Å². The van der Waals surface area contributed by atoms with Crippen molar-refractivity contribution in [2.45, 2.75) is 31.3 Å². The summed E-state index contributed by atoms with van der Waals surface area (Å²) in [5, 5.41) is 10.1. The standard InChI is InChI=1S/C10H19NO5S/c1-11(8-10(13)5-3-4-6-10)17(14,15)7-9(12)16-2/h13H,3-8H2,1-2H3. The third-order valence-corrected chi connectivity index (χ3v) is 4.73. The molecule has 0 aliphatic heterocycles. The lowest BCUT2D eigenvalue weighted by molar-refractivity contribution is -0.137. The molecule has 100 valence electrons. The Kier molecular flexibility index (Phi) is 4.51. The van der Waals surface area contributed by atoms with Crippen molar-refractivity contribution in [3.05, 3.63) is 0 Å². The number of esters is 1. The second-order valence-corrected chi connectivity index (χ2v) is 6.60. The van der Waals surface area contributed by atoms with E-state index in [2.05, 4.69) is 4.74 Å². The molecule has 0 saturated heterocycles. The third kappa shape index (κ3) is 3.93. The summed E-state index contributed by atoms with van der Waals surface area (Å²) in [5.74, 6) is -1.48. The number of carbonyl (C=O) groups is 1. The van der Waals surface area contributed by atoms with Crippen molar-refractivity contribution in [2.75, 3.05) is 26.5 Å². The largest absolute Gasteiger partial charge is 0.468 e. The molecule has 0 spiro atoms. The lowest BCUT2D eigenvalue weighted by atomic mass is 10.0. The van der Waals surface area contributed by atoms with Gasteiger partial charge in [0, 0.05) is 13.6 Å². The van der Waals surface area contributed by atoms with E-state index in [1.807, 2.05) is 0 Å². The Morgan fingerprint density at radius 3 is 2.41 bits per heavy atom. The Labute approximate surface area is 102 Å². The SMILES string of the molecule is COC(=O)CS(=O)(=O)N(C)CC1(O)CCCC1. The summed E-state index contributed by atoms with van der Waals surface area (Å²) < 4.78 is 28.8. The van der Waals surface area contributed by atoms with Crippen LogP contribution in [0.5, 0.6) is 0 Å². The molecule has 1 N–H and O–H groups in total. The minimum absolute atomic E-state index is 0.0341. The van der Waals surface area contributed by atoms with Crippen LogP contribution in [0.3, 0.4) is 0 Å². The second kappa shape index (κ2) is 5.32. The Balaban J connectivity index is 2.62.